The zero-order chi connectivity index (χ0) is 7.97. The van der Waals surface area contributed by atoms with Crippen molar-refractivity contribution >= 4 is 0 Å². The molecule has 0 amide bonds. The Morgan fingerprint density at radius 1 is 1.17 bits per heavy atom. The van der Waals surface area contributed by atoms with Crippen molar-refractivity contribution in [2.75, 3.05) is 0 Å². The molecule has 2 aliphatic carbocycles. The first-order chi connectivity index (χ1) is 5.93. The highest BCUT2D eigenvalue weighted by Gasteiger charge is 2.28. The van der Waals surface area contributed by atoms with Crippen LogP contribution in [-0.4, -0.2) is 9.97 Å². The molecule has 0 bridgehead atoms. The molecule has 3 rings (SSSR count). The average molecular weight is 162 g/mol. The molecule has 64 valence electrons. The lowest BCUT2D eigenvalue weighted by Gasteiger charge is -2.07. The standard InChI is InChI=1S/C10H14N2/c1-2-4-9-8(3-1)11-10(12-9)7-5-6-7/h7H,1-6H2,(H,11,12). The van der Waals surface area contributed by atoms with Crippen molar-refractivity contribution in [2.24, 2.45) is 0 Å². The monoisotopic (exact) mass is 162 g/mol. The van der Waals surface area contributed by atoms with Gasteiger partial charge in [0.05, 0.1) is 5.69 Å². The summed E-state index contributed by atoms with van der Waals surface area (Å²) in [7, 11) is 0. The van der Waals surface area contributed by atoms with E-state index in [1.165, 1.54) is 55.7 Å². The second-order valence-electron chi connectivity index (χ2n) is 4.03. The summed E-state index contributed by atoms with van der Waals surface area (Å²) in [4.78, 5) is 8.14. The number of rotatable bonds is 1. The molecule has 0 atom stereocenters. The minimum Gasteiger partial charge on any atom is -0.345 e. The van der Waals surface area contributed by atoms with Crippen LogP contribution in [0.2, 0.25) is 0 Å². The van der Waals surface area contributed by atoms with Gasteiger partial charge in [-0.1, -0.05) is 0 Å². The van der Waals surface area contributed by atoms with Crippen molar-refractivity contribution in [1.29, 1.82) is 0 Å². The first kappa shape index (κ1) is 6.70. The van der Waals surface area contributed by atoms with E-state index in [2.05, 4.69) is 9.97 Å². The molecule has 0 radical (unpaired) electrons. The Bertz CT molecular complexity index is 273. The molecule has 1 saturated carbocycles. The van der Waals surface area contributed by atoms with E-state index in [-0.39, 0.29) is 0 Å². The number of H-pyrrole nitrogens is 1. The third kappa shape index (κ3) is 0.977. The minimum absolute atomic E-state index is 0.788. The normalized spacial score (nSPS) is 22.3. The van der Waals surface area contributed by atoms with E-state index in [4.69, 9.17) is 0 Å². The van der Waals surface area contributed by atoms with Gasteiger partial charge in [0.25, 0.3) is 0 Å². The van der Waals surface area contributed by atoms with Crippen molar-refractivity contribution in [2.45, 2.75) is 44.4 Å². The Hall–Kier alpha value is -0.790. The molecule has 1 aromatic rings. The van der Waals surface area contributed by atoms with Crippen LogP contribution in [0.25, 0.3) is 0 Å². The number of hydrogen-bond acceptors (Lipinski definition) is 1. The van der Waals surface area contributed by atoms with Gasteiger partial charge in [0.15, 0.2) is 0 Å². The molecule has 1 N–H and O–H groups in total. The van der Waals surface area contributed by atoms with Crippen LogP contribution in [0.3, 0.4) is 0 Å². The third-order valence-electron chi connectivity index (χ3n) is 2.94. The molecule has 1 heterocycles. The number of aromatic amines is 1. The fourth-order valence-corrected chi connectivity index (χ4v) is 2.03. The first-order valence-corrected chi connectivity index (χ1v) is 5.01. The van der Waals surface area contributed by atoms with Gasteiger partial charge < -0.3 is 4.98 Å². The molecule has 12 heavy (non-hydrogen) atoms. The molecule has 0 unspecified atom stereocenters. The fourth-order valence-electron chi connectivity index (χ4n) is 2.03. The molecule has 0 aliphatic heterocycles. The van der Waals surface area contributed by atoms with E-state index in [9.17, 15) is 0 Å². The molecular weight excluding hydrogens is 148 g/mol. The van der Waals surface area contributed by atoms with Gasteiger partial charge in [-0.25, -0.2) is 4.98 Å². The summed E-state index contributed by atoms with van der Waals surface area (Å²) in [6.07, 6.45) is 7.83. The highest BCUT2D eigenvalue weighted by atomic mass is 15.0. The summed E-state index contributed by atoms with van der Waals surface area (Å²) in [6, 6.07) is 0. The predicted octanol–water partition coefficient (Wildman–Crippen LogP) is 2.17. The Morgan fingerprint density at radius 3 is 2.75 bits per heavy atom. The Kier molecular flexibility index (Phi) is 1.31. The molecule has 1 fully saturated rings. The highest BCUT2D eigenvalue weighted by molar-refractivity contribution is 5.21. The Balaban J connectivity index is 1.97. The van der Waals surface area contributed by atoms with Crippen LogP contribution in [0.4, 0.5) is 0 Å². The van der Waals surface area contributed by atoms with Gasteiger partial charge in [0.1, 0.15) is 5.82 Å². The highest BCUT2D eigenvalue weighted by Crippen LogP contribution is 2.39. The number of aryl methyl sites for hydroxylation is 2. The third-order valence-corrected chi connectivity index (χ3v) is 2.94. The number of fused-ring (bicyclic) bond motifs is 1. The van der Waals surface area contributed by atoms with Crippen LogP contribution in [0, 0.1) is 0 Å². The average Bonchev–Trinajstić information content (AvgIpc) is 2.85. The van der Waals surface area contributed by atoms with Gasteiger partial charge in [-0.15, -0.1) is 0 Å². The molecular formula is C10H14N2. The van der Waals surface area contributed by atoms with Gasteiger partial charge in [-0.05, 0) is 38.5 Å². The zero-order valence-corrected chi connectivity index (χ0v) is 7.27. The molecule has 0 aromatic carbocycles. The van der Waals surface area contributed by atoms with E-state index >= 15 is 0 Å². The van der Waals surface area contributed by atoms with E-state index in [0.717, 1.165) is 5.92 Å². The van der Waals surface area contributed by atoms with Crippen LogP contribution in [-0.2, 0) is 12.8 Å². The molecule has 2 aliphatic rings. The Morgan fingerprint density at radius 2 is 2.00 bits per heavy atom. The van der Waals surface area contributed by atoms with Crippen LogP contribution in [0.1, 0.15) is 48.8 Å². The quantitative estimate of drug-likeness (QED) is 0.673. The van der Waals surface area contributed by atoms with Crippen molar-refractivity contribution in [3.8, 4) is 0 Å². The lowest BCUT2D eigenvalue weighted by atomic mass is 10.0. The van der Waals surface area contributed by atoms with Gasteiger partial charge >= 0.3 is 0 Å². The van der Waals surface area contributed by atoms with Crippen molar-refractivity contribution < 1.29 is 0 Å². The maximum absolute atomic E-state index is 4.66. The topological polar surface area (TPSA) is 28.7 Å². The zero-order valence-electron chi connectivity index (χ0n) is 7.27. The second-order valence-corrected chi connectivity index (χ2v) is 4.03. The van der Waals surface area contributed by atoms with E-state index in [1.807, 2.05) is 0 Å². The molecule has 2 nitrogen and oxygen atoms in total. The number of hydrogen-bond donors (Lipinski definition) is 1. The molecule has 2 heteroatoms. The molecule has 1 aromatic heterocycles. The number of nitrogens with zero attached hydrogens (tertiary/aromatic N) is 1. The second kappa shape index (κ2) is 2.35. The Labute approximate surface area is 72.4 Å². The van der Waals surface area contributed by atoms with E-state index < -0.39 is 0 Å². The summed E-state index contributed by atoms with van der Waals surface area (Å²) in [5, 5.41) is 0. The minimum atomic E-state index is 0.788. The van der Waals surface area contributed by atoms with Crippen LogP contribution < -0.4 is 0 Å². The molecule has 0 saturated heterocycles. The molecule has 0 spiro atoms. The van der Waals surface area contributed by atoms with Gasteiger partial charge in [0.2, 0.25) is 0 Å². The number of nitrogens with one attached hydrogen (secondary N) is 1. The maximum Gasteiger partial charge on any atom is 0.109 e. The largest absolute Gasteiger partial charge is 0.345 e. The van der Waals surface area contributed by atoms with Crippen molar-refractivity contribution in [3.63, 3.8) is 0 Å². The van der Waals surface area contributed by atoms with Gasteiger partial charge in [-0.3, -0.25) is 0 Å². The smallest absolute Gasteiger partial charge is 0.109 e. The van der Waals surface area contributed by atoms with Crippen molar-refractivity contribution in [3.05, 3.63) is 17.2 Å². The predicted molar refractivity (Wildman–Crippen MR) is 47.2 cm³/mol. The van der Waals surface area contributed by atoms with E-state index in [0.29, 0.717) is 0 Å². The summed E-state index contributed by atoms with van der Waals surface area (Å²) in [5.41, 5.74) is 2.80. The fraction of sp³-hybridized carbons (Fsp3) is 0.700. The summed E-state index contributed by atoms with van der Waals surface area (Å²) in [6.45, 7) is 0. The maximum atomic E-state index is 4.66. The van der Waals surface area contributed by atoms with E-state index in [1.54, 1.807) is 0 Å². The summed E-state index contributed by atoms with van der Waals surface area (Å²) in [5.74, 6) is 2.07. The summed E-state index contributed by atoms with van der Waals surface area (Å²) < 4.78 is 0. The summed E-state index contributed by atoms with van der Waals surface area (Å²) >= 11 is 0. The van der Waals surface area contributed by atoms with Crippen LogP contribution in [0.15, 0.2) is 0 Å². The van der Waals surface area contributed by atoms with Gasteiger partial charge in [-0.2, -0.15) is 0 Å². The van der Waals surface area contributed by atoms with Crippen LogP contribution in [0.5, 0.6) is 0 Å². The van der Waals surface area contributed by atoms with Gasteiger partial charge in [0, 0.05) is 11.6 Å². The lowest BCUT2D eigenvalue weighted by molar-refractivity contribution is 0.667. The number of aromatic nitrogens is 2. The lowest BCUT2D eigenvalue weighted by Crippen LogP contribution is -2.00. The SMILES string of the molecule is C1CCc2[nH]c(C3CC3)nc2C1. The number of imidazole rings is 1. The van der Waals surface area contributed by atoms with Crippen LogP contribution >= 0.6 is 0 Å². The van der Waals surface area contributed by atoms with Crippen molar-refractivity contribution in [1.82, 2.24) is 9.97 Å². The first-order valence-electron chi connectivity index (χ1n) is 5.01.